The van der Waals surface area contributed by atoms with Gasteiger partial charge in [0.05, 0.1) is 0 Å². The Morgan fingerprint density at radius 3 is 2.73 bits per heavy atom. The van der Waals surface area contributed by atoms with Gasteiger partial charge in [-0.1, -0.05) is 0 Å². The number of amides is 1. The van der Waals surface area contributed by atoms with Gasteiger partial charge in [0.15, 0.2) is 0 Å². The van der Waals surface area contributed by atoms with E-state index in [0.717, 1.165) is 30.6 Å². The van der Waals surface area contributed by atoms with Crippen LogP contribution < -0.4 is 5.32 Å². The van der Waals surface area contributed by atoms with Crippen LogP contribution >= 0.6 is 11.8 Å². The number of hydrogen-bond acceptors (Lipinski definition) is 3. The minimum absolute atomic E-state index is 0.565. The number of thioether (sulfide) groups is 1. The van der Waals surface area contributed by atoms with Crippen LogP contribution in [0.25, 0.3) is 0 Å². The molecular weight excluding hydrogens is 162 g/mol. The van der Waals surface area contributed by atoms with Crippen LogP contribution in [0.15, 0.2) is 0 Å². The van der Waals surface area contributed by atoms with E-state index in [1.54, 1.807) is 11.8 Å². The highest BCUT2D eigenvalue weighted by Gasteiger charge is 2.31. The van der Waals surface area contributed by atoms with Crippen molar-refractivity contribution < 1.29 is 9.59 Å². The minimum atomic E-state index is -0.565. The molecule has 1 aliphatic rings. The molecule has 0 aliphatic carbocycles. The van der Waals surface area contributed by atoms with Gasteiger partial charge in [0.2, 0.25) is 6.41 Å². The van der Waals surface area contributed by atoms with Crippen molar-refractivity contribution in [2.45, 2.75) is 18.4 Å². The van der Waals surface area contributed by atoms with E-state index in [4.69, 9.17) is 0 Å². The first kappa shape index (κ1) is 8.59. The molecule has 0 saturated carbocycles. The van der Waals surface area contributed by atoms with Crippen LogP contribution in [0.3, 0.4) is 0 Å². The van der Waals surface area contributed by atoms with Crippen LogP contribution in [0.1, 0.15) is 12.8 Å². The van der Waals surface area contributed by atoms with Crippen molar-refractivity contribution in [1.29, 1.82) is 0 Å². The lowest BCUT2D eigenvalue weighted by Gasteiger charge is -2.30. The summed E-state index contributed by atoms with van der Waals surface area (Å²) in [5, 5.41) is 2.58. The SMILES string of the molecule is O=CNC1(C=O)CCCSC1. The molecular formula is C7H11NO2S. The predicted molar refractivity (Wildman–Crippen MR) is 44.6 cm³/mol. The van der Waals surface area contributed by atoms with E-state index >= 15 is 0 Å². The Hall–Kier alpha value is -0.510. The highest BCUT2D eigenvalue weighted by molar-refractivity contribution is 7.99. The van der Waals surface area contributed by atoms with Crippen molar-refractivity contribution in [1.82, 2.24) is 5.32 Å². The fraction of sp³-hybridized carbons (Fsp3) is 0.714. The van der Waals surface area contributed by atoms with E-state index in [-0.39, 0.29) is 0 Å². The van der Waals surface area contributed by atoms with Gasteiger partial charge in [0.25, 0.3) is 0 Å². The number of aldehydes is 1. The lowest BCUT2D eigenvalue weighted by molar-refractivity contribution is -0.118. The summed E-state index contributed by atoms with van der Waals surface area (Å²) in [4.78, 5) is 20.8. The lowest BCUT2D eigenvalue weighted by atomic mass is 9.98. The van der Waals surface area contributed by atoms with E-state index in [9.17, 15) is 9.59 Å². The molecule has 1 atom stereocenters. The van der Waals surface area contributed by atoms with Crippen molar-refractivity contribution in [3.8, 4) is 0 Å². The zero-order chi connectivity index (χ0) is 8.16. The van der Waals surface area contributed by atoms with Crippen molar-refractivity contribution in [2.24, 2.45) is 0 Å². The minimum Gasteiger partial charge on any atom is -0.346 e. The van der Waals surface area contributed by atoms with Crippen LogP contribution in [-0.4, -0.2) is 29.7 Å². The number of nitrogens with one attached hydrogen (secondary N) is 1. The molecule has 0 radical (unpaired) electrons. The Labute approximate surface area is 69.9 Å². The molecule has 4 heteroatoms. The van der Waals surface area contributed by atoms with Gasteiger partial charge in [-0.2, -0.15) is 11.8 Å². The Balaban J connectivity index is 2.56. The Morgan fingerprint density at radius 1 is 1.45 bits per heavy atom. The number of rotatable bonds is 3. The van der Waals surface area contributed by atoms with E-state index in [0.29, 0.717) is 6.41 Å². The average molecular weight is 173 g/mol. The quantitative estimate of drug-likeness (QED) is 0.620. The van der Waals surface area contributed by atoms with Crippen LogP contribution in [0.5, 0.6) is 0 Å². The third-order valence-corrected chi connectivity index (χ3v) is 3.14. The Kier molecular flexibility index (Phi) is 2.93. The van der Waals surface area contributed by atoms with E-state index < -0.39 is 5.54 Å². The third-order valence-electron chi connectivity index (χ3n) is 1.84. The molecule has 1 heterocycles. The van der Waals surface area contributed by atoms with Gasteiger partial charge >= 0.3 is 0 Å². The number of carbonyl (C=O) groups is 2. The first-order chi connectivity index (χ1) is 5.33. The molecule has 11 heavy (non-hydrogen) atoms. The molecule has 1 fully saturated rings. The molecule has 1 unspecified atom stereocenters. The largest absolute Gasteiger partial charge is 0.346 e. The second-order valence-corrected chi connectivity index (χ2v) is 3.80. The summed E-state index contributed by atoms with van der Waals surface area (Å²) in [5.41, 5.74) is -0.565. The summed E-state index contributed by atoms with van der Waals surface area (Å²) in [6.45, 7) is 0. The van der Waals surface area contributed by atoms with Crippen molar-refractivity contribution in [3.63, 3.8) is 0 Å². The average Bonchev–Trinajstić information content (AvgIpc) is 2.07. The summed E-state index contributed by atoms with van der Waals surface area (Å²) in [5.74, 6) is 1.81. The van der Waals surface area contributed by atoms with Crippen LogP contribution in [0.2, 0.25) is 0 Å². The predicted octanol–water partition coefficient (Wildman–Crippen LogP) is 0.197. The fourth-order valence-electron chi connectivity index (χ4n) is 1.17. The van der Waals surface area contributed by atoms with Gasteiger partial charge in [-0.15, -0.1) is 0 Å². The van der Waals surface area contributed by atoms with Crippen LogP contribution in [-0.2, 0) is 9.59 Å². The summed E-state index contributed by atoms with van der Waals surface area (Å²) in [6, 6.07) is 0. The highest BCUT2D eigenvalue weighted by atomic mass is 32.2. The van der Waals surface area contributed by atoms with Gasteiger partial charge in [0.1, 0.15) is 11.8 Å². The molecule has 1 saturated heterocycles. The molecule has 0 aromatic heterocycles. The molecule has 0 aromatic carbocycles. The number of carbonyl (C=O) groups excluding carboxylic acids is 2. The molecule has 62 valence electrons. The molecule has 0 spiro atoms. The maximum absolute atomic E-state index is 10.6. The first-order valence-electron chi connectivity index (χ1n) is 3.58. The van der Waals surface area contributed by atoms with Crippen molar-refractivity contribution >= 4 is 24.5 Å². The third kappa shape index (κ3) is 1.96. The summed E-state index contributed by atoms with van der Waals surface area (Å²) >= 11 is 1.71. The van der Waals surface area contributed by atoms with Gasteiger partial charge in [-0.25, -0.2) is 0 Å². The molecule has 3 nitrogen and oxygen atoms in total. The second-order valence-electron chi connectivity index (χ2n) is 2.69. The molecule has 0 bridgehead atoms. The van der Waals surface area contributed by atoms with Crippen molar-refractivity contribution in [3.05, 3.63) is 0 Å². The van der Waals surface area contributed by atoms with Gasteiger partial charge in [-0.05, 0) is 18.6 Å². The fourth-order valence-corrected chi connectivity index (χ4v) is 2.33. The van der Waals surface area contributed by atoms with Gasteiger partial charge in [0, 0.05) is 5.75 Å². The van der Waals surface area contributed by atoms with E-state index in [1.165, 1.54) is 0 Å². The Bertz CT molecular complexity index is 155. The summed E-state index contributed by atoms with van der Waals surface area (Å²) in [7, 11) is 0. The lowest BCUT2D eigenvalue weighted by Crippen LogP contribution is -2.50. The monoisotopic (exact) mass is 173 g/mol. The molecule has 1 rings (SSSR count). The van der Waals surface area contributed by atoms with E-state index in [2.05, 4.69) is 5.32 Å². The zero-order valence-corrected chi connectivity index (χ0v) is 7.02. The van der Waals surface area contributed by atoms with Gasteiger partial charge < -0.3 is 10.1 Å². The van der Waals surface area contributed by atoms with Crippen LogP contribution in [0.4, 0.5) is 0 Å². The molecule has 1 aliphatic heterocycles. The van der Waals surface area contributed by atoms with Crippen LogP contribution in [0, 0.1) is 0 Å². The standard InChI is InChI=1S/C7H11NO2S/c9-4-7(8-6-10)2-1-3-11-5-7/h4,6H,1-3,5H2,(H,8,10). The first-order valence-corrected chi connectivity index (χ1v) is 4.74. The van der Waals surface area contributed by atoms with E-state index in [1.807, 2.05) is 0 Å². The molecule has 1 amide bonds. The topological polar surface area (TPSA) is 46.2 Å². The van der Waals surface area contributed by atoms with Crippen molar-refractivity contribution in [2.75, 3.05) is 11.5 Å². The zero-order valence-electron chi connectivity index (χ0n) is 6.21. The molecule has 1 N–H and O–H groups in total. The van der Waals surface area contributed by atoms with Gasteiger partial charge in [-0.3, -0.25) is 4.79 Å². The molecule has 0 aromatic rings. The maximum Gasteiger partial charge on any atom is 0.207 e. The normalized spacial score (nSPS) is 30.9. The summed E-state index contributed by atoms with van der Waals surface area (Å²) < 4.78 is 0. The summed E-state index contributed by atoms with van der Waals surface area (Å²) in [6.07, 6.45) is 3.25. The second kappa shape index (κ2) is 3.76. The smallest absolute Gasteiger partial charge is 0.207 e. The number of hydrogen-bond donors (Lipinski definition) is 1. The Morgan fingerprint density at radius 2 is 2.27 bits per heavy atom. The maximum atomic E-state index is 10.6. The highest BCUT2D eigenvalue weighted by Crippen LogP contribution is 2.24.